The second-order valence-corrected chi connectivity index (χ2v) is 7.56. The van der Waals surface area contributed by atoms with Crippen LogP contribution in [0.4, 0.5) is 9.39 Å². The number of hydrogen-bond acceptors (Lipinski definition) is 5. The Bertz CT molecular complexity index is 893. The van der Waals surface area contributed by atoms with Crippen molar-refractivity contribution in [3.05, 3.63) is 41.0 Å². The van der Waals surface area contributed by atoms with Crippen molar-refractivity contribution < 1.29 is 28.6 Å². The van der Waals surface area contributed by atoms with E-state index in [9.17, 15) is 23.9 Å². The van der Waals surface area contributed by atoms with Gasteiger partial charge in [0.25, 0.3) is 0 Å². The van der Waals surface area contributed by atoms with E-state index in [1.807, 2.05) is 0 Å². The number of esters is 1. The van der Waals surface area contributed by atoms with Gasteiger partial charge in [0.1, 0.15) is 16.4 Å². The molecule has 6 nitrogen and oxygen atoms in total. The van der Waals surface area contributed by atoms with E-state index >= 15 is 0 Å². The lowest BCUT2D eigenvalue weighted by molar-refractivity contribution is -0.147. The molecule has 8 heteroatoms. The first-order valence-corrected chi connectivity index (χ1v) is 9.79. The molecule has 0 aliphatic heterocycles. The Morgan fingerprint density at radius 2 is 1.79 bits per heavy atom. The number of carboxylic acids is 1. The molecule has 1 aliphatic rings. The maximum Gasteiger partial charge on any atom is 0.341 e. The largest absolute Gasteiger partial charge is 0.481 e. The molecule has 1 aromatic carbocycles. The second kappa shape index (κ2) is 8.52. The molecule has 1 amide bonds. The first-order valence-electron chi connectivity index (χ1n) is 8.91. The van der Waals surface area contributed by atoms with Crippen LogP contribution in [0.1, 0.15) is 36.0 Å². The number of ether oxygens (including phenoxy) is 1. The zero-order valence-electron chi connectivity index (χ0n) is 15.2. The Morgan fingerprint density at radius 3 is 2.39 bits per heavy atom. The summed E-state index contributed by atoms with van der Waals surface area (Å²) in [7, 11) is 1.24. The van der Waals surface area contributed by atoms with E-state index in [2.05, 4.69) is 5.32 Å². The van der Waals surface area contributed by atoms with Crippen LogP contribution < -0.4 is 5.32 Å². The van der Waals surface area contributed by atoms with Crippen molar-refractivity contribution >= 4 is 34.2 Å². The van der Waals surface area contributed by atoms with E-state index in [1.54, 1.807) is 5.38 Å². The number of carboxylic acid groups (broad SMARTS) is 1. The molecule has 1 aliphatic carbocycles. The lowest BCUT2D eigenvalue weighted by Gasteiger charge is -2.27. The Kier molecular flexibility index (Phi) is 6.08. The lowest BCUT2D eigenvalue weighted by atomic mass is 9.79. The number of rotatable bonds is 5. The molecule has 0 saturated heterocycles. The number of amides is 1. The molecule has 0 radical (unpaired) electrons. The van der Waals surface area contributed by atoms with Crippen molar-refractivity contribution in [2.24, 2.45) is 11.8 Å². The maximum absolute atomic E-state index is 13.2. The third-order valence-electron chi connectivity index (χ3n) is 4.99. The number of thiophene rings is 1. The van der Waals surface area contributed by atoms with Gasteiger partial charge in [0, 0.05) is 10.9 Å². The fourth-order valence-corrected chi connectivity index (χ4v) is 4.50. The minimum Gasteiger partial charge on any atom is -0.481 e. The average Bonchev–Trinajstić information content (AvgIpc) is 3.11. The summed E-state index contributed by atoms with van der Waals surface area (Å²) in [6, 6.07) is 5.64. The Labute approximate surface area is 165 Å². The summed E-state index contributed by atoms with van der Waals surface area (Å²) in [6.07, 6.45) is 2.52. The highest BCUT2D eigenvalue weighted by Crippen LogP contribution is 2.38. The number of methoxy groups -OCH3 is 1. The first kappa shape index (κ1) is 20.0. The van der Waals surface area contributed by atoms with Gasteiger partial charge in [-0.15, -0.1) is 11.3 Å². The van der Waals surface area contributed by atoms with Gasteiger partial charge in [0.15, 0.2) is 0 Å². The molecule has 148 valence electrons. The highest BCUT2D eigenvalue weighted by atomic mass is 32.1. The molecule has 0 spiro atoms. The number of anilines is 1. The van der Waals surface area contributed by atoms with Crippen LogP contribution in [0, 0.1) is 17.7 Å². The van der Waals surface area contributed by atoms with Crippen LogP contribution in [0.25, 0.3) is 11.1 Å². The molecule has 0 unspecified atom stereocenters. The molecule has 1 aromatic heterocycles. The summed E-state index contributed by atoms with van der Waals surface area (Å²) in [4.78, 5) is 36.6. The average molecular weight is 405 g/mol. The number of carbonyl (C=O) groups is 3. The minimum absolute atomic E-state index is 0.176. The van der Waals surface area contributed by atoms with Crippen molar-refractivity contribution in [1.82, 2.24) is 0 Å². The van der Waals surface area contributed by atoms with Gasteiger partial charge >= 0.3 is 11.9 Å². The fraction of sp³-hybridized carbons (Fsp3) is 0.350. The number of aliphatic carboxylic acids is 1. The summed E-state index contributed by atoms with van der Waals surface area (Å²) in [5.74, 6) is -3.80. The fourth-order valence-electron chi connectivity index (χ4n) is 3.54. The molecule has 0 bridgehead atoms. The van der Waals surface area contributed by atoms with Crippen LogP contribution in [0.2, 0.25) is 0 Å². The number of hydrogen-bond donors (Lipinski definition) is 2. The quantitative estimate of drug-likeness (QED) is 0.729. The minimum atomic E-state index is -0.980. The van der Waals surface area contributed by atoms with Crippen LogP contribution in [0.3, 0.4) is 0 Å². The molecule has 1 heterocycles. The van der Waals surface area contributed by atoms with Crippen LogP contribution in [-0.4, -0.2) is 30.1 Å². The number of halogens is 1. The van der Waals surface area contributed by atoms with E-state index in [-0.39, 0.29) is 5.56 Å². The first-order chi connectivity index (χ1) is 13.4. The SMILES string of the molecule is COC(=O)c1c(-c2ccc(F)cc2)csc1NC(=O)[C@@H]1CCCC[C@@H]1C(=O)O. The molecule has 1 saturated carbocycles. The van der Waals surface area contributed by atoms with Crippen molar-refractivity contribution in [2.75, 3.05) is 12.4 Å². The van der Waals surface area contributed by atoms with Crippen molar-refractivity contribution in [3.63, 3.8) is 0 Å². The summed E-state index contributed by atoms with van der Waals surface area (Å²) in [6.45, 7) is 0. The normalized spacial score (nSPS) is 19.1. The predicted octanol–water partition coefficient (Wildman–Crippen LogP) is 4.17. The molecule has 2 aromatic rings. The predicted molar refractivity (Wildman–Crippen MR) is 103 cm³/mol. The highest BCUT2D eigenvalue weighted by Gasteiger charge is 2.36. The molecule has 1 fully saturated rings. The third kappa shape index (κ3) is 4.06. The summed E-state index contributed by atoms with van der Waals surface area (Å²) >= 11 is 1.15. The van der Waals surface area contributed by atoms with Crippen LogP contribution in [0.5, 0.6) is 0 Å². The van der Waals surface area contributed by atoms with Gasteiger partial charge in [-0.1, -0.05) is 25.0 Å². The Balaban J connectivity index is 1.91. The van der Waals surface area contributed by atoms with Crippen molar-refractivity contribution in [1.29, 1.82) is 0 Å². The zero-order valence-corrected chi connectivity index (χ0v) is 16.1. The second-order valence-electron chi connectivity index (χ2n) is 6.68. The Hall–Kier alpha value is -2.74. The molecule has 2 atom stereocenters. The molecule has 28 heavy (non-hydrogen) atoms. The smallest absolute Gasteiger partial charge is 0.341 e. The van der Waals surface area contributed by atoms with E-state index in [0.717, 1.165) is 24.2 Å². The lowest BCUT2D eigenvalue weighted by Crippen LogP contribution is -2.36. The van der Waals surface area contributed by atoms with E-state index in [1.165, 1.54) is 31.4 Å². The van der Waals surface area contributed by atoms with Crippen LogP contribution >= 0.6 is 11.3 Å². The highest BCUT2D eigenvalue weighted by molar-refractivity contribution is 7.15. The maximum atomic E-state index is 13.2. The van der Waals surface area contributed by atoms with Gasteiger partial charge < -0.3 is 15.2 Å². The molecular weight excluding hydrogens is 385 g/mol. The van der Waals surface area contributed by atoms with Crippen LogP contribution in [0.15, 0.2) is 29.6 Å². The van der Waals surface area contributed by atoms with Gasteiger partial charge in [-0.25, -0.2) is 9.18 Å². The zero-order chi connectivity index (χ0) is 20.3. The van der Waals surface area contributed by atoms with Gasteiger partial charge in [-0.3, -0.25) is 9.59 Å². The standard InChI is InChI=1S/C20H20FNO5S/c1-27-20(26)16-15(11-6-8-12(21)9-7-11)10-28-18(16)22-17(23)13-4-2-3-5-14(13)19(24)25/h6-10,13-14H,2-5H2,1H3,(H,22,23)(H,24,25)/t13-,14+/m1/s1. The monoisotopic (exact) mass is 405 g/mol. The number of benzene rings is 1. The van der Waals surface area contributed by atoms with Crippen LogP contribution in [-0.2, 0) is 14.3 Å². The van der Waals surface area contributed by atoms with Crippen molar-refractivity contribution in [2.45, 2.75) is 25.7 Å². The summed E-state index contributed by atoms with van der Waals surface area (Å²) in [5.41, 5.74) is 1.31. The van der Waals surface area contributed by atoms with Gasteiger partial charge in [0.2, 0.25) is 5.91 Å². The van der Waals surface area contributed by atoms with E-state index in [0.29, 0.717) is 29.0 Å². The van der Waals surface area contributed by atoms with Crippen molar-refractivity contribution in [3.8, 4) is 11.1 Å². The summed E-state index contributed by atoms with van der Waals surface area (Å²) < 4.78 is 18.1. The topological polar surface area (TPSA) is 92.7 Å². The van der Waals surface area contributed by atoms with Gasteiger partial charge in [-0.2, -0.15) is 0 Å². The van der Waals surface area contributed by atoms with E-state index < -0.39 is 35.5 Å². The van der Waals surface area contributed by atoms with Gasteiger partial charge in [0.05, 0.1) is 18.9 Å². The van der Waals surface area contributed by atoms with Gasteiger partial charge in [-0.05, 0) is 30.5 Å². The third-order valence-corrected chi connectivity index (χ3v) is 5.89. The molecular formula is C20H20FNO5S. The van der Waals surface area contributed by atoms with E-state index in [4.69, 9.17) is 4.74 Å². The number of nitrogens with one attached hydrogen (secondary N) is 1. The molecule has 2 N–H and O–H groups in total. The number of carbonyl (C=O) groups excluding carboxylic acids is 2. The Morgan fingerprint density at radius 1 is 1.14 bits per heavy atom. The summed E-state index contributed by atoms with van der Waals surface area (Å²) in [5, 5.41) is 14.1. The molecule has 3 rings (SSSR count).